The van der Waals surface area contributed by atoms with Crippen LogP contribution in [-0.2, 0) is 19.7 Å². The predicted molar refractivity (Wildman–Crippen MR) is 122 cm³/mol. The van der Waals surface area contributed by atoms with Gasteiger partial charge in [-0.05, 0) is 18.6 Å². The molecule has 0 bridgehead atoms. The number of hydrogen-bond donors (Lipinski definition) is 6. The Morgan fingerprint density at radius 2 is 2.09 bits per heavy atom. The van der Waals surface area contributed by atoms with Gasteiger partial charge in [0.1, 0.15) is 36.5 Å². The molecule has 0 spiro atoms. The lowest BCUT2D eigenvalue weighted by molar-refractivity contribution is -0.0340. The first-order valence-electron chi connectivity index (χ1n) is 10.8. The molecule has 1 fully saturated rings. The number of amides is 1. The number of aliphatic hydroxyl groups is 2. The van der Waals surface area contributed by atoms with Gasteiger partial charge in [-0.3, -0.25) is 9.36 Å². The number of ether oxygens (including phenoxy) is 2. The Morgan fingerprint density at radius 1 is 1.31 bits per heavy atom. The minimum absolute atomic E-state index is 0.211. The molecule has 14 nitrogen and oxygen atoms in total. The Kier molecular flexibility index (Phi) is 7.23. The van der Waals surface area contributed by atoms with E-state index in [1.807, 2.05) is 6.92 Å². The maximum absolute atomic E-state index is 12.3. The smallest absolute Gasteiger partial charge is 0.301 e. The lowest BCUT2D eigenvalue weighted by Crippen LogP contribution is -2.45. The number of nitrogens with one attached hydrogen (secondary N) is 3. The number of nitrogens with zero attached hydrogens (tertiary/aromatic N) is 3. The van der Waals surface area contributed by atoms with Gasteiger partial charge in [-0.1, -0.05) is 19.1 Å². The third kappa shape index (κ3) is 5.23. The Hall–Kier alpha value is -3.24. The van der Waals surface area contributed by atoms with Crippen molar-refractivity contribution >= 4 is 27.8 Å². The molecule has 6 N–H and O–H groups in total. The van der Waals surface area contributed by atoms with E-state index in [-0.39, 0.29) is 18.0 Å². The molecular weight excluding hydrogens is 484 g/mol. The van der Waals surface area contributed by atoms with E-state index in [0.29, 0.717) is 24.0 Å². The summed E-state index contributed by atoms with van der Waals surface area (Å²) >= 11 is 0. The van der Waals surface area contributed by atoms with Crippen molar-refractivity contribution in [2.75, 3.05) is 25.1 Å². The number of phenolic OH excluding ortho intramolecular Hbond substituents is 1. The van der Waals surface area contributed by atoms with Gasteiger partial charge in [-0.25, -0.2) is 14.7 Å². The second kappa shape index (κ2) is 10.2. The van der Waals surface area contributed by atoms with Gasteiger partial charge < -0.3 is 30.1 Å². The molecule has 4 rings (SSSR count). The molecule has 1 aromatic carbocycles. The van der Waals surface area contributed by atoms with Gasteiger partial charge in [0.05, 0.1) is 18.5 Å². The largest absolute Gasteiger partial charge is 0.507 e. The monoisotopic (exact) mass is 510 g/mol. The summed E-state index contributed by atoms with van der Waals surface area (Å²) in [4.78, 5) is 20.7. The molecule has 1 aromatic heterocycles. The standard InChI is InChI=1S/C20H26N6O8S/c1-2-7-33-19-14-17(21-9-22-19)26(10-23-14)20-16(29)15(28)13(34-20)8-24-35(31,32)25-18(30)11-5-3-4-6-12(11)27/h3-6,10,13,15-16,20-21,24,27-29H,2,7-9H2,1H3,(H,25,30)/t13-,15-,16-,20-/m1/s1. The van der Waals surface area contributed by atoms with Crippen LogP contribution in [0.1, 0.15) is 35.6 Å². The van der Waals surface area contributed by atoms with Crippen LogP contribution in [-0.4, -0.2) is 83.2 Å². The van der Waals surface area contributed by atoms with E-state index in [4.69, 9.17) is 9.47 Å². The molecule has 3 heterocycles. The molecule has 0 radical (unpaired) electrons. The average molecular weight is 511 g/mol. The van der Waals surface area contributed by atoms with E-state index in [1.165, 1.54) is 35.2 Å². The second-order valence-electron chi connectivity index (χ2n) is 7.84. The molecule has 190 valence electrons. The minimum Gasteiger partial charge on any atom is -0.507 e. The molecule has 1 amide bonds. The van der Waals surface area contributed by atoms with Crippen molar-refractivity contribution in [3.05, 3.63) is 41.9 Å². The summed E-state index contributed by atoms with van der Waals surface area (Å²) in [7, 11) is -4.37. The van der Waals surface area contributed by atoms with E-state index < -0.39 is 47.2 Å². The number of imidazole rings is 1. The molecule has 2 aliphatic heterocycles. The summed E-state index contributed by atoms with van der Waals surface area (Å²) in [5, 5.41) is 33.8. The number of aromatic hydroxyl groups is 1. The number of aliphatic imine (C=N–C) groups is 1. The summed E-state index contributed by atoms with van der Waals surface area (Å²) in [6.45, 7) is 2.17. The average Bonchev–Trinajstić information content (AvgIpc) is 3.37. The van der Waals surface area contributed by atoms with Crippen LogP contribution in [0.25, 0.3) is 0 Å². The summed E-state index contributed by atoms with van der Waals surface area (Å²) in [5.74, 6) is -0.609. The van der Waals surface area contributed by atoms with Crippen molar-refractivity contribution < 1.29 is 38.0 Å². The van der Waals surface area contributed by atoms with E-state index in [1.54, 1.807) is 4.72 Å². The van der Waals surface area contributed by atoms with E-state index in [2.05, 4.69) is 20.0 Å². The Balaban J connectivity index is 1.41. The molecule has 2 aromatic rings. The Bertz CT molecular complexity index is 1220. The number of anilines is 1. The summed E-state index contributed by atoms with van der Waals surface area (Å²) < 4.78 is 41.3. The van der Waals surface area contributed by atoms with Crippen LogP contribution in [0, 0.1) is 0 Å². The quantitative estimate of drug-likeness (QED) is 0.257. The third-order valence-corrected chi connectivity index (χ3v) is 6.37. The van der Waals surface area contributed by atoms with Gasteiger partial charge >= 0.3 is 10.2 Å². The number of fused-ring (bicyclic) bond motifs is 1. The van der Waals surface area contributed by atoms with Crippen molar-refractivity contribution in [1.29, 1.82) is 0 Å². The predicted octanol–water partition coefficient (Wildman–Crippen LogP) is -0.971. The first-order valence-corrected chi connectivity index (χ1v) is 12.3. The van der Waals surface area contributed by atoms with Crippen molar-refractivity contribution in [3.63, 3.8) is 0 Å². The molecule has 0 saturated carbocycles. The number of rotatable bonds is 8. The number of aliphatic hydroxyl groups excluding tert-OH is 2. The summed E-state index contributed by atoms with van der Waals surface area (Å²) in [5.41, 5.74) is 0.194. The number of phenols is 1. The summed E-state index contributed by atoms with van der Waals surface area (Å²) in [6, 6.07) is 5.45. The Morgan fingerprint density at radius 3 is 2.83 bits per heavy atom. The molecule has 15 heteroatoms. The molecule has 4 atom stereocenters. The lowest BCUT2D eigenvalue weighted by Gasteiger charge is -2.22. The number of aromatic nitrogens is 2. The van der Waals surface area contributed by atoms with Gasteiger partial charge in [0.25, 0.3) is 5.91 Å². The zero-order valence-corrected chi connectivity index (χ0v) is 19.5. The molecule has 1 saturated heterocycles. The number of hydrogen-bond acceptors (Lipinski definition) is 11. The van der Waals surface area contributed by atoms with Crippen molar-refractivity contribution in [1.82, 2.24) is 19.0 Å². The van der Waals surface area contributed by atoms with E-state index in [9.17, 15) is 28.5 Å². The second-order valence-corrected chi connectivity index (χ2v) is 9.34. The van der Waals surface area contributed by atoms with Gasteiger partial charge in [0, 0.05) is 6.54 Å². The highest BCUT2D eigenvalue weighted by atomic mass is 32.2. The van der Waals surface area contributed by atoms with E-state index in [0.717, 1.165) is 6.42 Å². The SMILES string of the molecule is CCCOC1=NCNc2c1ncn2[C@@H]1O[C@H](CNS(=O)(=O)NC(=O)c2ccccc2O)[C@@H](O)[C@H]1O. The maximum atomic E-state index is 12.3. The molecular formula is C20H26N6O8S. The highest BCUT2D eigenvalue weighted by Crippen LogP contribution is 2.33. The first kappa shape index (κ1) is 24.9. The number of carbonyl (C=O) groups excluding carboxylic acids is 1. The van der Waals surface area contributed by atoms with Crippen LogP contribution in [0.2, 0.25) is 0 Å². The van der Waals surface area contributed by atoms with Crippen LogP contribution in [0.5, 0.6) is 5.75 Å². The van der Waals surface area contributed by atoms with Crippen LogP contribution < -0.4 is 14.8 Å². The van der Waals surface area contributed by atoms with Crippen LogP contribution >= 0.6 is 0 Å². The van der Waals surface area contributed by atoms with Crippen molar-refractivity contribution in [2.45, 2.75) is 37.9 Å². The minimum atomic E-state index is -4.37. The first-order chi connectivity index (χ1) is 16.7. The van der Waals surface area contributed by atoms with E-state index >= 15 is 0 Å². The van der Waals surface area contributed by atoms with Crippen LogP contribution in [0.15, 0.2) is 35.6 Å². The molecule has 2 aliphatic rings. The zero-order chi connectivity index (χ0) is 25.2. The number of benzene rings is 1. The van der Waals surface area contributed by atoms with Gasteiger partial charge in [0.15, 0.2) is 11.9 Å². The number of para-hydroxylation sites is 1. The fourth-order valence-corrected chi connectivity index (χ4v) is 4.47. The van der Waals surface area contributed by atoms with Crippen molar-refractivity contribution in [2.24, 2.45) is 4.99 Å². The third-order valence-electron chi connectivity index (χ3n) is 5.37. The van der Waals surface area contributed by atoms with Gasteiger partial charge in [-0.2, -0.15) is 13.1 Å². The van der Waals surface area contributed by atoms with Gasteiger partial charge in [-0.15, -0.1) is 0 Å². The zero-order valence-electron chi connectivity index (χ0n) is 18.7. The highest BCUT2D eigenvalue weighted by molar-refractivity contribution is 7.88. The van der Waals surface area contributed by atoms with Crippen LogP contribution in [0.3, 0.4) is 0 Å². The lowest BCUT2D eigenvalue weighted by atomic mass is 10.1. The van der Waals surface area contributed by atoms with Gasteiger partial charge in [0.2, 0.25) is 5.90 Å². The topological polar surface area (TPSA) is 197 Å². The maximum Gasteiger partial charge on any atom is 0.301 e. The van der Waals surface area contributed by atoms with Crippen molar-refractivity contribution in [3.8, 4) is 5.75 Å². The normalized spacial score (nSPS) is 23.8. The highest BCUT2D eigenvalue weighted by Gasteiger charge is 2.45. The Labute approximate surface area is 200 Å². The fourth-order valence-electron chi connectivity index (χ4n) is 3.66. The molecule has 35 heavy (non-hydrogen) atoms. The number of carbonyl (C=O) groups is 1. The molecule has 0 aliphatic carbocycles. The fraction of sp³-hybridized carbons (Fsp3) is 0.450. The summed E-state index contributed by atoms with van der Waals surface area (Å²) in [6.07, 6.45) is -2.89. The van der Waals surface area contributed by atoms with Crippen LogP contribution in [0.4, 0.5) is 5.82 Å². The molecule has 0 unspecified atom stereocenters.